The Morgan fingerprint density at radius 2 is 1.90 bits per heavy atom. The summed E-state index contributed by atoms with van der Waals surface area (Å²) >= 11 is 0. The number of hydrogen-bond donors (Lipinski definition) is 0. The zero-order valence-electron chi connectivity index (χ0n) is 15.9. The van der Waals surface area contributed by atoms with E-state index < -0.39 is 0 Å². The van der Waals surface area contributed by atoms with Crippen molar-refractivity contribution in [3.8, 4) is 17.7 Å². The molecule has 3 aromatic rings. The highest BCUT2D eigenvalue weighted by Gasteiger charge is 2.24. The molecule has 0 N–H and O–H groups in total. The van der Waals surface area contributed by atoms with Crippen molar-refractivity contribution in [2.24, 2.45) is 0 Å². The van der Waals surface area contributed by atoms with Crippen LogP contribution in [0.25, 0.3) is 11.6 Å². The molecular weight excluding hydrogens is 366 g/mol. The zero-order chi connectivity index (χ0) is 20.2. The molecule has 1 aliphatic rings. The van der Waals surface area contributed by atoms with Crippen molar-refractivity contribution < 1.29 is 14.2 Å². The average molecular weight is 385 g/mol. The Labute approximate surface area is 168 Å². The van der Waals surface area contributed by atoms with Gasteiger partial charge in [-0.1, -0.05) is 24.3 Å². The number of nitriles is 1. The maximum Gasteiger partial charge on any atom is 0.256 e. The average Bonchev–Trinajstić information content (AvgIpc) is 3.15. The first-order valence-electron chi connectivity index (χ1n) is 9.24. The van der Waals surface area contributed by atoms with Gasteiger partial charge in [-0.05, 0) is 28.8 Å². The SMILES string of the molecule is COc1ncc(C(C#N)=Cc2cc[n+]([O-])cc2)cc1OC1Cc2ccccc2C1. The van der Waals surface area contributed by atoms with Crippen LogP contribution in [-0.4, -0.2) is 18.2 Å². The highest BCUT2D eigenvalue weighted by atomic mass is 16.5. The second-order valence-corrected chi connectivity index (χ2v) is 6.81. The summed E-state index contributed by atoms with van der Waals surface area (Å²) in [5.74, 6) is 0.892. The van der Waals surface area contributed by atoms with Crippen LogP contribution in [0.15, 0.2) is 61.1 Å². The third kappa shape index (κ3) is 4.04. The number of rotatable bonds is 5. The van der Waals surface area contributed by atoms with Gasteiger partial charge in [-0.15, -0.1) is 0 Å². The summed E-state index contributed by atoms with van der Waals surface area (Å²) in [4.78, 5) is 4.32. The lowest BCUT2D eigenvalue weighted by molar-refractivity contribution is -0.605. The Balaban J connectivity index is 1.61. The van der Waals surface area contributed by atoms with E-state index in [0.717, 1.165) is 18.4 Å². The second-order valence-electron chi connectivity index (χ2n) is 6.81. The molecule has 0 atom stereocenters. The molecular formula is C23H19N3O3. The standard InChI is InChI=1S/C23H19N3O3/c1-28-23-22(29-21-11-17-4-2-3-5-18(17)12-21)13-20(15-25-23)19(14-24)10-16-6-8-26(27)9-7-16/h2-10,13,15,21H,11-12H2,1H3. The number of nitrogens with zero attached hydrogens (tertiary/aromatic N) is 3. The molecule has 0 saturated heterocycles. The maximum absolute atomic E-state index is 11.2. The molecule has 0 spiro atoms. The predicted octanol–water partition coefficient (Wildman–Crippen LogP) is 3.33. The number of aromatic nitrogens is 2. The van der Waals surface area contributed by atoms with Crippen LogP contribution in [0.2, 0.25) is 0 Å². The highest BCUT2D eigenvalue weighted by molar-refractivity contribution is 5.89. The van der Waals surface area contributed by atoms with Gasteiger partial charge in [0.2, 0.25) is 0 Å². The maximum atomic E-state index is 11.2. The van der Waals surface area contributed by atoms with Crippen LogP contribution >= 0.6 is 0 Å². The van der Waals surface area contributed by atoms with Crippen LogP contribution in [0.4, 0.5) is 0 Å². The number of methoxy groups -OCH3 is 1. The fraction of sp³-hybridized carbons (Fsp3) is 0.174. The van der Waals surface area contributed by atoms with Crippen molar-refractivity contribution in [2.75, 3.05) is 7.11 Å². The Kier molecular flexibility index (Phi) is 5.12. The van der Waals surface area contributed by atoms with Crippen molar-refractivity contribution in [2.45, 2.75) is 18.9 Å². The van der Waals surface area contributed by atoms with Gasteiger partial charge in [0, 0.05) is 36.7 Å². The van der Waals surface area contributed by atoms with E-state index in [1.165, 1.54) is 23.5 Å². The molecule has 0 radical (unpaired) electrons. The normalized spacial score (nSPS) is 13.6. The molecule has 144 valence electrons. The largest absolute Gasteiger partial charge is 0.619 e. The van der Waals surface area contributed by atoms with Crippen molar-refractivity contribution in [1.82, 2.24) is 4.98 Å². The van der Waals surface area contributed by atoms with Gasteiger partial charge in [-0.25, -0.2) is 4.98 Å². The molecule has 6 heteroatoms. The number of allylic oxidation sites excluding steroid dienone is 1. The van der Waals surface area contributed by atoms with Crippen LogP contribution in [0.1, 0.15) is 22.3 Å². The molecule has 2 heterocycles. The topological polar surface area (TPSA) is 82.1 Å². The summed E-state index contributed by atoms with van der Waals surface area (Å²) in [7, 11) is 1.54. The van der Waals surface area contributed by atoms with E-state index in [1.807, 2.05) is 12.1 Å². The molecule has 6 nitrogen and oxygen atoms in total. The summed E-state index contributed by atoms with van der Waals surface area (Å²) in [6, 6.07) is 15.6. The quantitative estimate of drug-likeness (QED) is 0.382. The molecule has 0 amide bonds. The van der Waals surface area contributed by atoms with E-state index in [4.69, 9.17) is 9.47 Å². The smallest absolute Gasteiger partial charge is 0.256 e. The van der Waals surface area contributed by atoms with Gasteiger partial charge in [-0.2, -0.15) is 9.99 Å². The van der Waals surface area contributed by atoms with Gasteiger partial charge in [0.25, 0.3) is 5.88 Å². The van der Waals surface area contributed by atoms with E-state index in [0.29, 0.717) is 27.5 Å². The van der Waals surface area contributed by atoms with Crippen molar-refractivity contribution in [3.05, 3.63) is 88.5 Å². The Hall–Kier alpha value is -3.85. The summed E-state index contributed by atoms with van der Waals surface area (Å²) in [5, 5.41) is 20.8. The van der Waals surface area contributed by atoms with E-state index >= 15 is 0 Å². The van der Waals surface area contributed by atoms with Crippen LogP contribution in [-0.2, 0) is 12.8 Å². The fourth-order valence-corrected chi connectivity index (χ4v) is 3.47. The minimum atomic E-state index is -0.00510. The third-order valence-corrected chi connectivity index (χ3v) is 4.89. The molecule has 0 unspecified atom stereocenters. The van der Waals surface area contributed by atoms with Gasteiger partial charge in [0.15, 0.2) is 18.1 Å². The lowest BCUT2D eigenvalue weighted by Crippen LogP contribution is -2.23. The number of pyridine rings is 2. The van der Waals surface area contributed by atoms with Crippen LogP contribution in [0.5, 0.6) is 11.6 Å². The van der Waals surface area contributed by atoms with E-state index in [-0.39, 0.29) is 6.10 Å². The highest BCUT2D eigenvalue weighted by Crippen LogP contribution is 2.32. The summed E-state index contributed by atoms with van der Waals surface area (Å²) < 4.78 is 12.3. The van der Waals surface area contributed by atoms with E-state index in [9.17, 15) is 10.5 Å². The lowest BCUT2D eigenvalue weighted by Gasteiger charge is -2.16. The molecule has 0 bridgehead atoms. The zero-order valence-corrected chi connectivity index (χ0v) is 15.9. The minimum Gasteiger partial charge on any atom is -0.619 e. The molecule has 1 aromatic carbocycles. The lowest BCUT2D eigenvalue weighted by atomic mass is 10.1. The number of benzene rings is 1. The second kappa shape index (κ2) is 8.03. The van der Waals surface area contributed by atoms with Crippen molar-refractivity contribution in [3.63, 3.8) is 0 Å². The van der Waals surface area contributed by atoms with Crippen molar-refractivity contribution >= 4 is 11.6 Å². The third-order valence-electron chi connectivity index (χ3n) is 4.89. The Morgan fingerprint density at radius 3 is 2.52 bits per heavy atom. The Bertz CT molecular complexity index is 1080. The van der Waals surface area contributed by atoms with Gasteiger partial charge in [0.1, 0.15) is 6.10 Å². The molecule has 1 aliphatic carbocycles. The first kappa shape index (κ1) is 18.5. The first-order valence-corrected chi connectivity index (χ1v) is 9.24. The summed E-state index contributed by atoms with van der Waals surface area (Å²) in [6.07, 6.45) is 7.71. The summed E-state index contributed by atoms with van der Waals surface area (Å²) in [6.45, 7) is 0. The van der Waals surface area contributed by atoms with Crippen molar-refractivity contribution in [1.29, 1.82) is 5.26 Å². The fourth-order valence-electron chi connectivity index (χ4n) is 3.47. The van der Waals surface area contributed by atoms with E-state index in [2.05, 4.69) is 23.2 Å². The number of fused-ring (bicyclic) bond motifs is 1. The molecule has 2 aromatic heterocycles. The van der Waals surface area contributed by atoms with Crippen LogP contribution in [0.3, 0.4) is 0 Å². The Morgan fingerprint density at radius 1 is 1.21 bits per heavy atom. The minimum absolute atomic E-state index is 0.00510. The van der Waals surface area contributed by atoms with E-state index in [1.54, 1.807) is 37.6 Å². The van der Waals surface area contributed by atoms with Gasteiger partial charge >= 0.3 is 0 Å². The number of ether oxygens (including phenoxy) is 2. The van der Waals surface area contributed by atoms with Gasteiger partial charge < -0.3 is 14.7 Å². The van der Waals surface area contributed by atoms with Crippen LogP contribution < -0.4 is 14.2 Å². The first-order chi connectivity index (χ1) is 14.2. The molecule has 0 fully saturated rings. The monoisotopic (exact) mass is 385 g/mol. The molecule has 0 saturated carbocycles. The molecule has 4 rings (SSSR count). The summed E-state index contributed by atoms with van der Waals surface area (Å²) in [5.41, 5.74) is 4.37. The van der Waals surface area contributed by atoms with Crippen LogP contribution in [0, 0.1) is 16.5 Å². The van der Waals surface area contributed by atoms with Gasteiger partial charge in [0.05, 0.1) is 18.8 Å². The van der Waals surface area contributed by atoms with Gasteiger partial charge in [-0.3, -0.25) is 0 Å². The predicted molar refractivity (Wildman–Crippen MR) is 108 cm³/mol. The molecule has 0 aliphatic heterocycles. The molecule has 29 heavy (non-hydrogen) atoms. The number of hydrogen-bond acceptors (Lipinski definition) is 5.